The van der Waals surface area contributed by atoms with Crippen LogP contribution in [0.5, 0.6) is 0 Å². The van der Waals surface area contributed by atoms with Crippen molar-refractivity contribution in [1.82, 2.24) is 0 Å². The fraction of sp³-hybridized carbons (Fsp3) is 0.538. The van der Waals surface area contributed by atoms with Gasteiger partial charge in [-0.1, -0.05) is 18.2 Å². The fourth-order valence-corrected chi connectivity index (χ4v) is 3.58. The van der Waals surface area contributed by atoms with Gasteiger partial charge in [0.05, 0.1) is 17.6 Å². The highest BCUT2D eigenvalue weighted by Gasteiger charge is 2.21. The van der Waals surface area contributed by atoms with Crippen molar-refractivity contribution in [1.29, 1.82) is 0 Å². The van der Waals surface area contributed by atoms with Crippen LogP contribution in [-0.2, 0) is 9.84 Å². The number of rotatable bonds is 2. The number of para-hydroxylation sites is 1. The third-order valence-electron chi connectivity index (χ3n) is 3.28. The van der Waals surface area contributed by atoms with Gasteiger partial charge in [0.2, 0.25) is 0 Å². The Hall–Kier alpha value is -1.07. The van der Waals surface area contributed by atoms with Gasteiger partial charge in [0.1, 0.15) is 0 Å². The molecule has 0 aromatic heterocycles. The molecule has 0 spiro atoms. The van der Waals surface area contributed by atoms with E-state index >= 15 is 0 Å². The minimum Gasteiger partial charge on any atom is -0.389 e. The van der Waals surface area contributed by atoms with Crippen LogP contribution in [0.1, 0.15) is 25.0 Å². The molecule has 100 valence electrons. The van der Waals surface area contributed by atoms with Gasteiger partial charge >= 0.3 is 0 Å². The Morgan fingerprint density at radius 2 is 1.94 bits per heavy atom. The monoisotopic (exact) mass is 269 g/mol. The molecule has 0 saturated carbocycles. The second-order valence-electron chi connectivity index (χ2n) is 4.73. The Labute approximate surface area is 108 Å². The van der Waals surface area contributed by atoms with Crippen molar-refractivity contribution in [3.8, 4) is 0 Å². The van der Waals surface area contributed by atoms with Crippen LogP contribution in [0.25, 0.3) is 0 Å². The largest absolute Gasteiger partial charge is 0.389 e. The van der Waals surface area contributed by atoms with E-state index in [1.54, 1.807) is 6.92 Å². The first-order valence-corrected chi connectivity index (χ1v) is 8.04. The zero-order valence-electron chi connectivity index (χ0n) is 10.5. The zero-order chi connectivity index (χ0) is 13.2. The Bertz CT molecular complexity index is 511. The molecule has 4 nitrogen and oxygen atoms in total. The average molecular weight is 269 g/mol. The molecule has 1 aliphatic heterocycles. The molecule has 0 radical (unpaired) electrons. The van der Waals surface area contributed by atoms with Gasteiger partial charge in [-0.15, -0.1) is 0 Å². The summed E-state index contributed by atoms with van der Waals surface area (Å²) in [6.07, 6.45) is 0.109. The summed E-state index contributed by atoms with van der Waals surface area (Å²) in [6.45, 7) is 2.96. The third-order valence-corrected chi connectivity index (χ3v) is 5.00. The predicted molar refractivity (Wildman–Crippen MR) is 72.6 cm³/mol. The topological polar surface area (TPSA) is 57.6 Å². The summed E-state index contributed by atoms with van der Waals surface area (Å²) in [5, 5.41) is 9.76. The first-order valence-electron chi connectivity index (χ1n) is 6.22. The predicted octanol–water partition coefficient (Wildman–Crippen LogP) is 1.36. The Morgan fingerprint density at radius 3 is 2.67 bits per heavy atom. The van der Waals surface area contributed by atoms with Gasteiger partial charge in [-0.05, 0) is 19.4 Å². The summed E-state index contributed by atoms with van der Waals surface area (Å²) in [7, 11) is -2.90. The van der Waals surface area contributed by atoms with Gasteiger partial charge in [-0.25, -0.2) is 8.42 Å². The molecule has 0 aliphatic carbocycles. The Kier molecular flexibility index (Phi) is 3.92. The van der Waals surface area contributed by atoms with Crippen LogP contribution >= 0.6 is 0 Å². The molecule has 1 aromatic carbocycles. The molecule has 18 heavy (non-hydrogen) atoms. The molecular weight excluding hydrogens is 250 g/mol. The summed E-state index contributed by atoms with van der Waals surface area (Å²) in [4.78, 5) is 2.06. The van der Waals surface area contributed by atoms with Crippen LogP contribution < -0.4 is 4.90 Å². The summed E-state index contributed by atoms with van der Waals surface area (Å²) in [6, 6.07) is 7.64. The highest BCUT2D eigenvalue weighted by molar-refractivity contribution is 7.91. The number of hydrogen-bond acceptors (Lipinski definition) is 4. The normalized spacial score (nSPS) is 21.3. The number of anilines is 1. The van der Waals surface area contributed by atoms with Gasteiger partial charge in [0.25, 0.3) is 0 Å². The fourth-order valence-electron chi connectivity index (χ4n) is 2.31. The second kappa shape index (κ2) is 5.28. The molecule has 1 aromatic rings. The van der Waals surface area contributed by atoms with Crippen molar-refractivity contribution < 1.29 is 13.5 Å². The number of benzene rings is 1. The molecule has 0 bridgehead atoms. The van der Waals surface area contributed by atoms with Crippen LogP contribution in [0.2, 0.25) is 0 Å². The number of aliphatic hydroxyl groups excluding tert-OH is 1. The molecule has 1 saturated heterocycles. The van der Waals surface area contributed by atoms with Gasteiger partial charge in [-0.2, -0.15) is 0 Å². The van der Waals surface area contributed by atoms with Crippen molar-refractivity contribution in [3.63, 3.8) is 0 Å². The zero-order valence-corrected chi connectivity index (χ0v) is 11.4. The van der Waals surface area contributed by atoms with Gasteiger partial charge in [0, 0.05) is 24.3 Å². The number of nitrogens with zero attached hydrogens (tertiary/aromatic N) is 1. The van der Waals surface area contributed by atoms with E-state index in [2.05, 4.69) is 4.90 Å². The molecular formula is C13H19NO3S. The minimum atomic E-state index is -2.90. The van der Waals surface area contributed by atoms with Crippen LogP contribution in [0.3, 0.4) is 0 Å². The Balaban J connectivity index is 2.26. The maximum absolute atomic E-state index is 11.6. The standard InChI is InChI=1S/C13H19NO3S/c1-11(15)12-5-2-3-6-13(12)14-7-4-9-18(16,17)10-8-14/h2-3,5-6,11,15H,4,7-10H2,1H3/t11-/m0/s1. The summed E-state index contributed by atoms with van der Waals surface area (Å²) in [5.41, 5.74) is 1.81. The Morgan fingerprint density at radius 1 is 1.22 bits per heavy atom. The van der Waals surface area contributed by atoms with E-state index in [0.29, 0.717) is 13.0 Å². The van der Waals surface area contributed by atoms with Crippen molar-refractivity contribution in [2.75, 3.05) is 29.5 Å². The molecule has 2 rings (SSSR count). The van der Waals surface area contributed by atoms with E-state index in [1.165, 1.54) is 0 Å². The lowest BCUT2D eigenvalue weighted by Crippen LogP contribution is -2.27. The van der Waals surface area contributed by atoms with E-state index in [-0.39, 0.29) is 11.5 Å². The lowest BCUT2D eigenvalue weighted by Gasteiger charge is -2.25. The lowest BCUT2D eigenvalue weighted by molar-refractivity contribution is 0.199. The molecule has 1 heterocycles. The van der Waals surface area contributed by atoms with E-state index in [0.717, 1.165) is 17.8 Å². The highest BCUT2D eigenvalue weighted by Crippen LogP contribution is 2.27. The van der Waals surface area contributed by atoms with Crippen molar-refractivity contribution in [3.05, 3.63) is 29.8 Å². The van der Waals surface area contributed by atoms with Gasteiger partial charge in [-0.3, -0.25) is 0 Å². The number of hydrogen-bond donors (Lipinski definition) is 1. The van der Waals surface area contributed by atoms with Crippen molar-refractivity contribution in [2.45, 2.75) is 19.4 Å². The lowest BCUT2D eigenvalue weighted by atomic mass is 10.1. The maximum atomic E-state index is 11.6. The molecule has 1 aliphatic rings. The first-order chi connectivity index (χ1) is 8.49. The molecule has 1 atom stereocenters. The first kappa shape index (κ1) is 13.4. The highest BCUT2D eigenvalue weighted by atomic mass is 32.2. The van der Waals surface area contributed by atoms with Crippen molar-refractivity contribution in [2.24, 2.45) is 0 Å². The smallest absolute Gasteiger partial charge is 0.152 e. The third kappa shape index (κ3) is 3.03. The molecule has 0 amide bonds. The van der Waals surface area contributed by atoms with Crippen LogP contribution in [0.4, 0.5) is 5.69 Å². The van der Waals surface area contributed by atoms with E-state index in [1.807, 2.05) is 24.3 Å². The molecule has 1 fully saturated rings. The van der Waals surface area contributed by atoms with Crippen molar-refractivity contribution >= 4 is 15.5 Å². The minimum absolute atomic E-state index is 0.196. The SMILES string of the molecule is C[C@H](O)c1ccccc1N1CCCS(=O)(=O)CC1. The second-order valence-corrected chi connectivity index (χ2v) is 7.03. The van der Waals surface area contributed by atoms with Crippen LogP contribution in [0.15, 0.2) is 24.3 Å². The van der Waals surface area contributed by atoms with Crippen LogP contribution in [-0.4, -0.2) is 38.1 Å². The molecule has 0 unspecified atom stereocenters. The summed E-state index contributed by atoms with van der Waals surface area (Å²) in [5.74, 6) is 0.460. The number of sulfone groups is 1. The summed E-state index contributed by atoms with van der Waals surface area (Å²) < 4.78 is 23.2. The molecule has 5 heteroatoms. The quantitative estimate of drug-likeness (QED) is 0.881. The van der Waals surface area contributed by atoms with E-state index in [9.17, 15) is 13.5 Å². The van der Waals surface area contributed by atoms with Crippen LogP contribution in [0, 0.1) is 0 Å². The average Bonchev–Trinajstić information content (AvgIpc) is 2.50. The van der Waals surface area contributed by atoms with E-state index < -0.39 is 15.9 Å². The van der Waals surface area contributed by atoms with Gasteiger partial charge in [0.15, 0.2) is 9.84 Å². The van der Waals surface area contributed by atoms with Gasteiger partial charge < -0.3 is 10.0 Å². The summed E-state index contributed by atoms with van der Waals surface area (Å²) >= 11 is 0. The maximum Gasteiger partial charge on any atom is 0.152 e. The van der Waals surface area contributed by atoms with E-state index in [4.69, 9.17) is 0 Å². The number of aliphatic hydroxyl groups is 1. The molecule has 1 N–H and O–H groups in total.